The topological polar surface area (TPSA) is 38.0 Å². The number of nitrogen functional groups attached to an aromatic ring is 1. The van der Waals surface area contributed by atoms with E-state index in [0.717, 1.165) is 32.0 Å². The lowest BCUT2D eigenvalue weighted by molar-refractivity contribution is -0.138. The van der Waals surface area contributed by atoms with Crippen molar-refractivity contribution in [1.82, 2.24) is 5.32 Å². The highest BCUT2D eigenvalue weighted by molar-refractivity contribution is 5.47. The van der Waals surface area contributed by atoms with Crippen molar-refractivity contribution in [2.24, 2.45) is 0 Å². The first-order chi connectivity index (χ1) is 7.98. The molecule has 0 aliphatic carbocycles. The Hall–Kier alpha value is -1.23. The standard InChI is InChI=1S/C12H15F3N2/c13-12(14,15)11-7-9(16)1-2-10(11)8-3-5-17-6-4-8/h1-2,7-8,17H,3-6,16H2. The molecule has 0 atom stereocenters. The lowest BCUT2D eigenvalue weighted by atomic mass is 9.86. The van der Waals surface area contributed by atoms with Gasteiger partial charge in [-0.25, -0.2) is 0 Å². The molecule has 0 aromatic heterocycles. The number of hydrogen-bond donors (Lipinski definition) is 2. The average Bonchev–Trinajstić information content (AvgIpc) is 2.29. The van der Waals surface area contributed by atoms with Gasteiger partial charge in [-0.05, 0) is 49.5 Å². The molecule has 1 aliphatic rings. The Kier molecular flexibility index (Phi) is 3.28. The van der Waals surface area contributed by atoms with Gasteiger partial charge < -0.3 is 11.1 Å². The molecule has 1 heterocycles. The highest BCUT2D eigenvalue weighted by atomic mass is 19.4. The number of alkyl halides is 3. The van der Waals surface area contributed by atoms with Gasteiger partial charge in [-0.2, -0.15) is 13.2 Å². The first-order valence-electron chi connectivity index (χ1n) is 5.66. The number of nitrogens with two attached hydrogens (primary N) is 1. The van der Waals surface area contributed by atoms with Gasteiger partial charge in [-0.3, -0.25) is 0 Å². The van der Waals surface area contributed by atoms with Crippen LogP contribution < -0.4 is 11.1 Å². The van der Waals surface area contributed by atoms with Gasteiger partial charge in [0.2, 0.25) is 0 Å². The fraction of sp³-hybridized carbons (Fsp3) is 0.500. The Balaban J connectivity index is 2.38. The van der Waals surface area contributed by atoms with Gasteiger partial charge in [0.15, 0.2) is 0 Å². The number of halogens is 3. The number of piperidine rings is 1. The molecule has 5 heteroatoms. The van der Waals surface area contributed by atoms with Crippen LogP contribution in [0.1, 0.15) is 29.9 Å². The Morgan fingerprint density at radius 3 is 2.41 bits per heavy atom. The van der Waals surface area contributed by atoms with Crippen LogP contribution in [0.5, 0.6) is 0 Å². The highest BCUT2D eigenvalue weighted by Gasteiger charge is 2.35. The molecule has 2 rings (SSSR count). The van der Waals surface area contributed by atoms with E-state index in [-0.39, 0.29) is 11.6 Å². The average molecular weight is 244 g/mol. The van der Waals surface area contributed by atoms with Gasteiger partial charge in [0, 0.05) is 5.69 Å². The van der Waals surface area contributed by atoms with Crippen LogP contribution in [0.15, 0.2) is 18.2 Å². The number of nitrogens with one attached hydrogen (secondary N) is 1. The molecular formula is C12H15F3N2. The Morgan fingerprint density at radius 2 is 1.82 bits per heavy atom. The lowest BCUT2D eigenvalue weighted by Gasteiger charge is -2.26. The van der Waals surface area contributed by atoms with Gasteiger partial charge in [-0.15, -0.1) is 0 Å². The number of rotatable bonds is 1. The predicted molar refractivity (Wildman–Crippen MR) is 60.7 cm³/mol. The molecule has 1 saturated heterocycles. The molecule has 0 saturated carbocycles. The van der Waals surface area contributed by atoms with E-state index in [0.29, 0.717) is 5.56 Å². The van der Waals surface area contributed by atoms with Gasteiger partial charge in [0.1, 0.15) is 0 Å². The highest BCUT2D eigenvalue weighted by Crippen LogP contribution is 2.38. The second-order valence-electron chi connectivity index (χ2n) is 4.37. The largest absolute Gasteiger partial charge is 0.416 e. The smallest absolute Gasteiger partial charge is 0.399 e. The molecular weight excluding hydrogens is 229 g/mol. The summed E-state index contributed by atoms with van der Waals surface area (Å²) in [4.78, 5) is 0. The number of anilines is 1. The first kappa shape index (κ1) is 12.2. The van der Waals surface area contributed by atoms with Gasteiger partial charge in [0.25, 0.3) is 0 Å². The summed E-state index contributed by atoms with van der Waals surface area (Å²) >= 11 is 0. The van der Waals surface area contributed by atoms with E-state index in [2.05, 4.69) is 5.32 Å². The minimum Gasteiger partial charge on any atom is -0.399 e. The van der Waals surface area contributed by atoms with Crippen LogP contribution in [0.25, 0.3) is 0 Å². The third-order valence-corrected chi connectivity index (χ3v) is 3.16. The minimum absolute atomic E-state index is 0.0199. The molecule has 94 valence electrons. The summed E-state index contributed by atoms with van der Waals surface area (Å²) in [6, 6.07) is 4.11. The van der Waals surface area contributed by atoms with Crippen molar-refractivity contribution in [2.75, 3.05) is 18.8 Å². The Labute approximate surface area is 98.0 Å². The van der Waals surface area contributed by atoms with Gasteiger partial charge in [0.05, 0.1) is 5.56 Å². The SMILES string of the molecule is Nc1ccc(C2CCNCC2)c(C(F)(F)F)c1. The Bertz CT molecular complexity index is 395. The van der Waals surface area contributed by atoms with Gasteiger partial charge in [-0.1, -0.05) is 6.07 Å². The maximum Gasteiger partial charge on any atom is 0.416 e. The van der Waals surface area contributed by atoms with E-state index in [9.17, 15) is 13.2 Å². The molecule has 1 fully saturated rings. The molecule has 1 aliphatic heterocycles. The molecule has 0 radical (unpaired) electrons. The molecule has 0 bridgehead atoms. The first-order valence-corrected chi connectivity index (χ1v) is 5.66. The molecule has 0 amide bonds. The van der Waals surface area contributed by atoms with Crippen molar-refractivity contribution in [3.8, 4) is 0 Å². The van der Waals surface area contributed by atoms with Crippen molar-refractivity contribution in [3.05, 3.63) is 29.3 Å². The fourth-order valence-corrected chi connectivity index (χ4v) is 2.31. The van der Waals surface area contributed by atoms with Crippen molar-refractivity contribution >= 4 is 5.69 Å². The van der Waals surface area contributed by atoms with Crippen LogP contribution in [0.4, 0.5) is 18.9 Å². The van der Waals surface area contributed by atoms with Crippen molar-refractivity contribution in [2.45, 2.75) is 24.9 Å². The molecule has 1 aromatic rings. The summed E-state index contributed by atoms with van der Waals surface area (Å²) in [7, 11) is 0. The summed E-state index contributed by atoms with van der Waals surface area (Å²) < 4.78 is 38.7. The van der Waals surface area contributed by atoms with E-state index in [4.69, 9.17) is 5.73 Å². The van der Waals surface area contributed by atoms with E-state index in [1.54, 1.807) is 6.07 Å². The zero-order valence-corrected chi connectivity index (χ0v) is 9.35. The third kappa shape index (κ3) is 2.72. The summed E-state index contributed by atoms with van der Waals surface area (Å²) in [5.74, 6) is -0.0199. The zero-order chi connectivity index (χ0) is 12.5. The summed E-state index contributed by atoms with van der Waals surface area (Å²) in [6.07, 6.45) is -2.84. The lowest BCUT2D eigenvalue weighted by Crippen LogP contribution is -2.27. The van der Waals surface area contributed by atoms with Crippen LogP contribution in [0.2, 0.25) is 0 Å². The monoisotopic (exact) mass is 244 g/mol. The second-order valence-corrected chi connectivity index (χ2v) is 4.37. The number of benzene rings is 1. The molecule has 2 nitrogen and oxygen atoms in total. The van der Waals surface area contributed by atoms with E-state index < -0.39 is 11.7 Å². The Morgan fingerprint density at radius 1 is 1.18 bits per heavy atom. The summed E-state index contributed by atoms with van der Waals surface area (Å²) in [6.45, 7) is 1.54. The molecule has 0 unspecified atom stereocenters. The maximum atomic E-state index is 12.9. The summed E-state index contributed by atoms with van der Waals surface area (Å²) in [5, 5.41) is 3.15. The fourth-order valence-electron chi connectivity index (χ4n) is 2.31. The van der Waals surface area contributed by atoms with Crippen LogP contribution in [-0.4, -0.2) is 13.1 Å². The molecule has 0 spiro atoms. The second kappa shape index (κ2) is 4.56. The van der Waals surface area contributed by atoms with E-state index >= 15 is 0 Å². The summed E-state index contributed by atoms with van der Waals surface area (Å²) in [5.41, 5.74) is 5.41. The van der Waals surface area contributed by atoms with Crippen molar-refractivity contribution in [1.29, 1.82) is 0 Å². The maximum absolute atomic E-state index is 12.9. The quantitative estimate of drug-likeness (QED) is 0.745. The van der Waals surface area contributed by atoms with Crippen LogP contribution in [0, 0.1) is 0 Å². The van der Waals surface area contributed by atoms with Crippen LogP contribution in [0.3, 0.4) is 0 Å². The van der Waals surface area contributed by atoms with E-state index in [1.807, 2.05) is 0 Å². The molecule has 3 N–H and O–H groups in total. The third-order valence-electron chi connectivity index (χ3n) is 3.16. The van der Waals surface area contributed by atoms with Crippen molar-refractivity contribution in [3.63, 3.8) is 0 Å². The predicted octanol–water partition coefficient (Wildman–Crippen LogP) is 2.75. The van der Waals surface area contributed by atoms with Crippen LogP contribution >= 0.6 is 0 Å². The minimum atomic E-state index is -4.32. The van der Waals surface area contributed by atoms with Crippen molar-refractivity contribution < 1.29 is 13.2 Å². The normalized spacial score (nSPS) is 18.3. The zero-order valence-electron chi connectivity index (χ0n) is 9.35. The van der Waals surface area contributed by atoms with E-state index in [1.165, 1.54) is 6.07 Å². The van der Waals surface area contributed by atoms with Crippen LogP contribution in [-0.2, 0) is 6.18 Å². The number of hydrogen-bond acceptors (Lipinski definition) is 2. The molecule has 17 heavy (non-hydrogen) atoms. The molecule has 1 aromatic carbocycles. The van der Waals surface area contributed by atoms with Gasteiger partial charge >= 0.3 is 6.18 Å².